The zero-order valence-corrected chi connectivity index (χ0v) is 9.50. The fraction of sp³-hybridized carbons (Fsp3) is 1.00. The number of hydrogen-bond donors (Lipinski definition) is 2. The van der Waals surface area contributed by atoms with Gasteiger partial charge in [0.15, 0.2) is 0 Å². The molecule has 0 radical (unpaired) electrons. The molecule has 0 aliphatic carbocycles. The summed E-state index contributed by atoms with van der Waals surface area (Å²) >= 11 is -0.485. The first kappa shape index (κ1) is 9.46. The van der Waals surface area contributed by atoms with Crippen molar-refractivity contribution in [1.82, 2.24) is 8.55 Å². The Morgan fingerprint density at radius 1 is 1.11 bits per heavy atom. The number of hydrogen-bond acceptors (Lipinski definition) is 2. The largest absolute Gasteiger partial charge is 1.00 e. The van der Waals surface area contributed by atoms with Crippen LogP contribution in [0.5, 0.6) is 0 Å². The molecule has 9 heavy (non-hydrogen) atoms. The molecule has 0 spiro atoms. The zero-order chi connectivity index (χ0) is 6.95. The average molecular weight is 193 g/mol. The van der Waals surface area contributed by atoms with Crippen molar-refractivity contribution in [3.05, 3.63) is 0 Å². The first-order chi connectivity index (χ1) is 4.41. The molecular formula is C6H20GeN2-2. The minimum absolute atomic E-state index is 0. The summed E-state index contributed by atoms with van der Waals surface area (Å²) in [5.41, 5.74) is 0. The van der Waals surface area contributed by atoms with Crippen LogP contribution in [0.3, 0.4) is 0 Å². The molecule has 2 nitrogen and oxygen atoms in total. The maximum Gasteiger partial charge on any atom is -1.00 e. The van der Waals surface area contributed by atoms with Gasteiger partial charge in [-0.1, -0.05) is 0 Å². The van der Waals surface area contributed by atoms with Gasteiger partial charge in [0.05, 0.1) is 0 Å². The van der Waals surface area contributed by atoms with Crippen LogP contribution in [0.25, 0.3) is 0 Å². The summed E-state index contributed by atoms with van der Waals surface area (Å²) < 4.78 is 6.89. The Bertz CT molecular complexity index is 51.8. The number of nitrogens with one attached hydrogen (secondary N) is 2. The van der Waals surface area contributed by atoms with E-state index in [2.05, 4.69) is 22.4 Å². The molecule has 0 unspecified atom stereocenters. The van der Waals surface area contributed by atoms with Crippen molar-refractivity contribution in [2.45, 2.75) is 26.7 Å². The van der Waals surface area contributed by atoms with Crippen molar-refractivity contribution in [2.75, 3.05) is 13.1 Å². The molecule has 0 amide bonds. The van der Waals surface area contributed by atoms with Gasteiger partial charge in [0, 0.05) is 0 Å². The van der Waals surface area contributed by atoms with Crippen molar-refractivity contribution in [2.24, 2.45) is 0 Å². The van der Waals surface area contributed by atoms with E-state index in [0.29, 0.717) is 0 Å². The molecule has 3 heteroatoms. The Kier molecular flexibility index (Phi) is 8.90. The van der Waals surface area contributed by atoms with E-state index in [0.717, 1.165) is 0 Å². The second-order valence-corrected chi connectivity index (χ2v) is 5.02. The van der Waals surface area contributed by atoms with E-state index in [1.165, 1.54) is 25.9 Å². The molecule has 60 valence electrons. The summed E-state index contributed by atoms with van der Waals surface area (Å²) in [4.78, 5) is 0. The van der Waals surface area contributed by atoms with Gasteiger partial charge in [-0.2, -0.15) is 0 Å². The van der Waals surface area contributed by atoms with Crippen LogP contribution >= 0.6 is 0 Å². The summed E-state index contributed by atoms with van der Waals surface area (Å²) in [6.07, 6.45) is 2.53. The van der Waals surface area contributed by atoms with E-state index in [4.69, 9.17) is 0 Å². The molecule has 0 rings (SSSR count). The Hall–Kier alpha value is 0.463. The van der Waals surface area contributed by atoms with Gasteiger partial charge in [0.2, 0.25) is 0 Å². The Morgan fingerprint density at radius 3 is 1.89 bits per heavy atom. The van der Waals surface area contributed by atoms with Crippen molar-refractivity contribution in [3.63, 3.8) is 0 Å². The Labute approximate surface area is 67.7 Å². The van der Waals surface area contributed by atoms with E-state index in [9.17, 15) is 0 Å². The van der Waals surface area contributed by atoms with Crippen LogP contribution in [0.1, 0.15) is 29.5 Å². The Balaban J connectivity index is -0.000000320. The van der Waals surface area contributed by atoms with E-state index in [1.54, 1.807) is 0 Å². The van der Waals surface area contributed by atoms with Crippen LogP contribution in [0, 0.1) is 0 Å². The minimum atomic E-state index is -0.485. The van der Waals surface area contributed by atoms with Crippen LogP contribution < -0.4 is 8.55 Å². The molecule has 0 aromatic heterocycles. The first-order valence-electron chi connectivity index (χ1n) is 3.83. The maximum atomic E-state index is 3.45. The van der Waals surface area contributed by atoms with Crippen LogP contribution in [-0.4, -0.2) is 29.0 Å². The fourth-order valence-corrected chi connectivity index (χ4v) is 3.21. The SMILES string of the molecule is CCC[NH][GeH2][NH]CCC.[H-].[H-]. The van der Waals surface area contributed by atoms with Crippen LogP contribution in [0.15, 0.2) is 0 Å². The molecule has 0 saturated carbocycles. The summed E-state index contributed by atoms with van der Waals surface area (Å²) in [6, 6.07) is 0. The van der Waals surface area contributed by atoms with Crippen LogP contribution in [0.2, 0.25) is 0 Å². The minimum Gasteiger partial charge on any atom is -1.00 e. The fourth-order valence-electron chi connectivity index (χ4n) is 0.619. The molecule has 0 fully saturated rings. The quantitative estimate of drug-likeness (QED) is 0.465. The van der Waals surface area contributed by atoms with Gasteiger partial charge in [-0.05, 0) is 0 Å². The van der Waals surface area contributed by atoms with E-state index >= 15 is 0 Å². The van der Waals surface area contributed by atoms with Crippen molar-refractivity contribution in [3.8, 4) is 0 Å². The summed E-state index contributed by atoms with van der Waals surface area (Å²) in [7, 11) is 0. The average Bonchev–Trinajstić information content (AvgIpc) is 1.89. The monoisotopic (exact) mass is 194 g/mol. The molecule has 0 saturated heterocycles. The molecule has 0 aliphatic heterocycles. The normalized spacial score (nSPS) is 10.0. The van der Waals surface area contributed by atoms with Gasteiger partial charge in [-0.15, -0.1) is 0 Å². The van der Waals surface area contributed by atoms with Gasteiger partial charge in [-0.25, -0.2) is 0 Å². The third-order valence-corrected chi connectivity index (χ3v) is 3.64. The maximum absolute atomic E-state index is 3.45. The van der Waals surface area contributed by atoms with Crippen molar-refractivity contribution in [1.29, 1.82) is 0 Å². The van der Waals surface area contributed by atoms with Crippen molar-refractivity contribution < 1.29 is 2.85 Å². The van der Waals surface area contributed by atoms with Crippen molar-refractivity contribution >= 4 is 15.9 Å². The molecule has 0 aliphatic rings. The molecule has 0 aromatic carbocycles. The van der Waals surface area contributed by atoms with Gasteiger partial charge < -0.3 is 2.85 Å². The second-order valence-electron chi connectivity index (χ2n) is 2.18. The second kappa shape index (κ2) is 8.46. The molecule has 2 N–H and O–H groups in total. The van der Waals surface area contributed by atoms with Gasteiger partial charge >= 0.3 is 64.2 Å². The predicted octanol–water partition coefficient (Wildman–Crippen LogP) is 0.209. The number of rotatable bonds is 6. The molecule has 0 heterocycles. The van der Waals surface area contributed by atoms with E-state index in [1.807, 2.05) is 0 Å². The summed E-state index contributed by atoms with van der Waals surface area (Å²) in [6.45, 7) is 6.82. The van der Waals surface area contributed by atoms with Crippen LogP contribution in [0.4, 0.5) is 0 Å². The van der Waals surface area contributed by atoms with Gasteiger partial charge in [0.25, 0.3) is 0 Å². The third-order valence-electron chi connectivity index (χ3n) is 1.10. The third kappa shape index (κ3) is 8.46. The Morgan fingerprint density at radius 2 is 1.56 bits per heavy atom. The van der Waals surface area contributed by atoms with E-state index in [-0.39, 0.29) is 2.85 Å². The summed E-state index contributed by atoms with van der Waals surface area (Å²) in [5, 5.41) is 0. The van der Waals surface area contributed by atoms with Gasteiger partial charge in [0.1, 0.15) is 0 Å². The zero-order valence-electron chi connectivity index (χ0n) is 8.54. The molecule has 0 atom stereocenters. The summed E-state index contributed by atoms with van der Waals surface area (Å²) in [5.74, 6) is 0. The molecular weight excluding hydrogens is 173 g/mol. The standard InChI is InChI=1S/C6H18GeN2.2H/c1-3-5-8-7-9-6-4-2;;/h8-9H,3-7H2,1-2H3;;/q;2*-1. The molecule has 0 aromatic rings. The van der Waals surface area contributed by atoms with Crippen LogP contribution in [-0.2, 0) is 0 Å². The predicted molar refractivity (Wildman–Crippen MR) is 47.4 cm³/mol. The first-order valence-corrected chi connectivity index (χ1v) is 6.80. The smallest absolute Gasteiger partial charge is 1.00 e. The van der Waals surface area contributed by atoms with Gasteiger partial charge in [-0.3, -0.25) is 0 Å². The molecule has 0 bridgehead atoms. The van der Waals surface area contributed by atoms with E-state index < -0.39 is 15.9 Å². The topological polar surface area (TPSA) is 24.1 Å².